The van der Waals surface area contributed by atoms with Gasteiger partial charge in [-0.25, -0.2) is 0 Å². The molecule has 0 atom stereocenters. The Bertz CT molecular complexity index is 883. The maximum Gasteiger partial charge on any atom is -0.0149 e. The van der Waals surface area contributed by atoms with Crippen LogP contribution in [-0.2, 0) is 19.3 Å². The van der Waals surface area contributed by atoms with E-state index in [0.717, 1.165) is 5.92 Å². The van der Waals surface area contributed by atoms with Gasteiger partial charge in [-0.3, -0.25) is 0 Å². The second-order valence-electron chi connectivity index (χ2n) is 8.97. The van der Waals surface area contributed by atoms with Crippen LogP contribution in [-0.4, -0.2) is 0 Å². The Morgan fingerprint density at radius 2 is 1.46 bits per heavy atom. The molecule has 0 radical (unpaired) electrons. The highest BCUT2D eigenvalue weighted by Crippen LogP contribution is 2.39. The van der Waals surface area contributed by atoms with Crippen LogP contribution in [0.4, 0.5) is 0 Å². The number of hydrogen-bond donors (Lipinski definition) is 0. The number of rotatable bonds is 2. The largest absolute Gasteiger partial charge is 0.0683 e. The van der Waals surface area contributed by atoms with Crippen molar-refractivity contribution in [1.29, 1.82) is 0 Å². The molecule has 4 rings (SSSR count). The molecule has 0 N–H and O–H groups in total. The molecule has 0 saturated heterocycles. The Kier molecular flexibility index (Phi) is 7.87. The Labute approximate surface area is 173 Å². The van der Waals surface area contributed by atoms with Crippen molar-refractivity contribution < 1.29 is 0 Å². The summed E-state index contributed by atoms with van der Waals surface area (Å²) in [7, 11) is 0. The van der Waals surface area contributed by atoms with Gasteiger partial charge >= 0.3 is 0 Å². The summed E-state index contributed by atoms with van der Waals surface area (Å²) in [6.07, 6.45) is 3.66. The van der Waals surface area contributed by atoms with E-state index in [1.165, 1.54) is 41.2 Å². The number of benzene rings is 3. The van der Waals surface area contributed by atoms with E-state index in [0.29, 0.717) is 5.41 Å². The van der Waals surface area contributed by atoms with Crippen LogP contribution in [0.5, 0.6) is 0 Å². The van der Waals surface area contributed by atoms with Gasteiger partial charge in [0.25, 0.3) is 0 Å². The maximum atomic E-state index is 2.36. The molecule has 0 fully saturated rings. The van der Waals surface area contributed by atoms with Crippen molar-refractivity contribution in [3.8, 4) is 0 Å². The van der Waals surface area contributed by atoms with Gasteiger partial charge in [0.05, 0.1) is 0 Å². The normalized spacial score (nSPS) is 14.0. The van der Waals surface area contributed by atoms with E-state index in [4.69, 9.17) is 0 Å². The molecule has 150 valence electrons. The highest BCUT2D eigenvalue weighted by molar-refractivity contribution is 5.87. The Morgan fingerprint density at radius 1 is 0.821 bits per heavy atom. The average Bonchev–Trinajstić information content (AvgIpc) is 3.00. The smallest absolute Gasteiger partial charge is 0.0149 e. The summed E-state index contributed by atoms with van der Waals surface area (Å²) in [6.45, 7) is 15.4. The Hall–Kier alpha value is -2.08. The van der Waals surface area contributed by atoms with Gasteiger partial charge < -0.3 is 0 Å². The Balaban J connectivity index is 0.000000193. The number of fused-ring (bicyclic) bond motifs is 3. The van der Waals surface area contributed by atoms with Gasteiger partial charge in [0.1, 0.15) is 0 Å². The second kappa shape index (κ2) is 9.92. The van der Waals surface area contributed by atoms with Gasteiger partial charge in [0.15, 0.2) is 0 Å². The monoisotopic (exact) mass is 374 g/mol. The summed E-state index contributed by atoms with van der Waals surface area (Å²) in [6, 6.07) is 21.9. The van der Waals surface area contributed by atoms with E-state index in [2.05, 4.69) is 95.3 Å². The molecule has 0 amide bonds. The van der Waals surface area contributed by atoms with Crippen molar-refractivity contribution >= 4 is 10.8 Å². The molecule has 0 aromatic heterocycles. The summed E-state index contributed by atoms with van der Waals surface area (Å²) in [5.41, 5.74) is 6.49. The fourth-order valence-corrected chi connectivity index (χ4v) is 4.09. The third-order valence-corrected chi connectivity index (χ3v) is 5.35. The zero-order valence-electron chi connectivity index (χ0n) is 19.0. The average molecular weight is 375 g/mol. The molecule has 0 saturated carbocycles. The summed E-state index contributed by atoms with van der Waals surface area (Å²) >= 11 is 0. The van der Waals surface area contributed by atoms with E-state index in [-0.39, 0.29) is 0 Å². The third-order valence-electron chi connectivity index (χ3n) is 5.35. The molecule has 1 aliphatic rings. The van der Waals surface area contributed by atoms with Crippen molar-refractivity contribution in [3.63, 3.8) is 0 Å². The lowest BCUT2D eigenvalue weighted by molar-refractivity contribution is 0.393. The highest BCUT2D eigenvalue weighted by atomic mass is 14.3. The van der Waals surface area contributed by atoms with Gasteiger partial charge in [-0.1, -0.05) is 102 Å². The summed E-state index contributed by atoms with van der Waals surface area (Å²) in [5.74, 6) is 0.760. The van der Waals surface area contributed by atoms with E-state index in [9.17, 15) is 0 Å². The van der Waals surface area contributed by atoms with Crippen molar-refractivity contribution in [3.05, 3.63) is 82.9 Å². The van der Waals surface area contributed by atoms with Gasteiger partial charge in [0.2, 0.25) is 0 Å². The van der Waals surface area contributed by atoms with Crippen LogP contribution in [0.1, 0.15) is 63.8 Å². The first-order valence-electron chi connectivity index (χ1n) is 10.9. The van der Waals surface area contributed by atoms with Gasteiger partial charge in [-0.2, -0.15) is 0 Å². The van der Waals surface area contributed by atoms with Crippen LogP contribution in [0.15, 0.2) is 60.7 Å². The van der Waals surface area contributed by atoms with E-state index in [1.807, 2.05) is 13.8 Å². The molecule has 0 bridgehead atoms. The lowest BCUT2D eigenvalue weighted by Crippen LogP contribution is -2.09. The minimum atomic E-state index is 0.451. The summed E-state index contributed by atoms with van der Waals surface area (Å²) < 4.78 is 0. The van der Waals surface area contributed by atoms with Crippen LogP contribution in [0.25, 0.3) is 10.8 Å². The van der Waals surface area contributed by atoms with Crippen LogP contribution >= 0.6 is 0 Å². The van der Waals surface area contributed by atoms with Crippen molar-refractivity contribution in [1.82, 2.24) is 0 Å². The van der Waals surface area contributed by atoms with Crippen LogP contribution in [0.2, 0.25) is 0 Å². The minimum absolute atomic E-state index is 0.451. The van der Waals surface area contributed by atoms with E-state index >= 15 is 0 Å². The molecule has 0 heterocycles. The molecular weight excluding hydrogens is 336 g/mol. The lowest BCUT2D eigenvalue weighted by atomic mass is 9.90. The predicted molar refractivity (Wildman–Crippen MR) is 126 cm³/mol. The topological polar surface area (TPSA) is 0 Å². The molecule has 3 aromatic carbocycles. The van der Waals surface area contributed by atoms with Crippen LogP contribution in [0.3, 0.4) is 0 Å². The fraction of sp³-hybridized carbons (Fsp3) is 0.429. The van der Waals surface area contributed by atoms with Crippen LogP contribution < -0.4 is 0 Å². The quantitative estimate of drug-likeness (QED) is 0.424. The van der Waals surface area contributed by atoms with E-state index < -0.39 is 0 Å². The molecule has 0 unspecified atom stereocenters. The second-order valence-corrected chi connectivity index (χ2v) is 8.97. The third kappa shape index (κ3) is 5.71. The standard InChI is InChI=1S/C15H16.C11H16.C2H6/c1-15(2)9-12-8-7-11-5-3-4-6-13(11)14(12)10-15;1-9(2)8-11-7-5-4-6-10(11)3;1-2/h3-8H,9-10H2,1-2H3;4-7,9H,8H2,1-3H3;1-2H3. The molecule has 1 aliphatic carbocycles. The lowest BCUT2D eigenvalue weighted by Gasteiger charge is -2.14. The highest BCUT2D eigenvalue weighted by Gasteiger charge is 2.29. The SMILES string of the molecule is CC.CC1(C)Cc2ccc3ccccc3c2C1.Cc1ccccc1CC(C)C. The fourth-order valence-electron chi connectivity index (χ4n) is 4.09. The predicted octanol–water partition coefficient (Wildman–Crippen LogP) is 8.18. The molecule has 0 spiro atoms. The zero-order chi connectivity index (χ0) is 20.7. The molecular formula is C28H38. The summed E-state index contributed by atoms with van der Waals surface area (Å²) in [4.78, 5) is 0. The first kappa shape index (κ1) is 22.2. The first-order chi connectivity index (χ1) is 13.4. The molecule has 0 aliphatic heterocycles. The van der Waals surface area contributed by atoms with Crippen molar-refractivity contribution in [2.24, 2.45) is 11.3 Å². The van der Waals surface area contributed by atoms with Gasteiger partial charge in [-0.05, 0) is 70.5 Å². The van der Waals surface area contributed by atoms with E-state index in [1.54, 1.807) is 11.1 Å². The van der Waals surface area contributed by atoms with Gasteiger partial charge in [-0.15, -0.1) is 0 Å². The number of aryl methyl sites for hydroxylation is 1. The summed E-state index contributed by atoms with van der Waals surface area (Å²) in [5, 5.41) is 2.84. The van der Waals surface area contributed by atoms with Crippen LogP contribution in [0, 0.1) is 18.3 Å². The van der Waals surface area contributed by atoms with Crippen molar-refractivity contribution in [2.45, 2.75) is 67.7 Å². The minimum Gasteiger partial charge on any atom is -0.0683 e. The molecule has 28 heavy (non-hydrogen) atoms. The zero-order valence-corrected chi connectivity index (χ0v) is 19.0. The molecule has 0 heteroatoms. The first-order valence-corrected chi connectivity index (χ1v) is 10.9. The number of hydrogen-bond acceptors (Lipinski definition) is 0. The molecule has 3 aromatic rings. The molecule has 0 nitrogen and oxygen atoms in total. The van der Waals surface area contributed by atoms with Crippen molar-refractivity contribution in [2.75, 3.05) is 0 Å². The van der Waals surface area contributed by atoms with Gasteiger partial charge in [0, 0.05) is 0 Å². The maximum absolute atomic E-state index is 2.36. The Morgan fingerprint density at radius 3 is 2.14 bits per heavy atom.